The van der Waals surface area contributed by atoms with Crippen molar-refractivity contribution in [1.29, 1.82) is 5.26 Å². The number of fused-ring (bicyclic) bond motifs is 1. The van der Waals surface area contributed by atoms with E-state index in [1.54, 1.807) is 0 Å². The molecule has 1 amide bonds. The van der Waals surface area contributed by atoms with Gasteiger partial charge in [-0.3, -0.25) is 4.79 Å². The van der Waals surface area contributed by atoms with Crippen molar-refractivity contribution in [1.82, 2.24) is 15.0 Å². The van der Waals surface area contributed by atoms with Gasteiger partial charge in [0.1, 0.15) is 11.1 Å². The van der Waals surface area contributed by atoms with E-state index in [0.29, 0.717) is 16.5 Å². The number of nitrogens with zero attached hydrogens (tertiary/aromatic N) is 4. The third-order valence-electron chi connectivity index (χ3n) is 4.56. The second-order valence-corrected chi connectivity index (χ2v) is 7.58. The molecule has 1 aromatic carbocycles. The van der Waals surface area contributed by atoms with E-state index in [1.165, 1.54) is 27.2 Å². The largest absolute Gasteiger partial charge is 0.311 e. The Labute approximate surface area is 155 Å². The number of aromatic nitrogens is 3. The summed E-state index contributed by atoms with van der Waals surface area (Å²) in [6.45, 7) is 2.22. The molecule has 1 atom stereocenters. The van der Waals surface area contributed by atoms with Gasteiger partial charge in [-0.25, -0.2) is 0 Å². The van der Waals surface area contributed by atoms with Crippen molar-refractivity contribution in [2.45, 2.75) is 26.2 Å². The highest BCUT2D eigenvalue weighted by molar-refractivity contribution is 7.16. The number of anilines is 1. The van der Waals surface area contributed by atoms with Gasteiger partial charge in [-0.05, 0) is 42.9 Å². The molecule has 0 radical (unpaired) electrons. The number of hydrogen-bond donors (Lipinski definition) is 1. The van der Waals surface area contributed by atoms with Crippen LogP contribution in [0.3, 0.4) is 0 Å². The van der Waals surface area contributed by atoms with Crippen LogP contribution in [0.5, 0.6) is 0 Å². The molecule has 0 spiro atoms. The summed E-state index contributed by atoms with van der Waals surface area (Å²) in [7, 11) is 0. The second kappa shape index (κ2) is 6.73. The second-order valence-electron chi connectivity index (χ2n) is 6.48. The Bertz CT molecular complexity index is 999. The quantitative estimate of drug-likeness (QED) is 0.771. The zero-order valence-corrected chi connectivity index (χ0v) is 15.1. The highest BCUT2D eigenvalue weighted by Gasteiger charge is 2.25. The SMILES string of the molecule is CC1CCc2c(sc(NC(=O)c3cnn(-c4ccccc4)n3)c2C#N)C1. The first kappa shape index (κ1) is 16.5. The molecule has 0 fully saturated rings. The maximum atomic E-state index is 12.6. The Balaban J connectivity index is 1.58. The number of carbonyl (C=O) groups is 1. The Kier molecular flexibility index (Phi) is 4.27. The van der Waals surface area contributed by atoms with Gasteiger partial charge >= 0.3 is 0 Å². The lowest BCUT2D eigenvalue weighted by Gasteiger charge is -2.17. The standard InChI is InChI=1S/C19H17N5OS/c1-12-7-8-14-15(10-20)19(26-17(14)9-12)22-18(25)16-11-21-24(23-16)13-5-3-2-4-6-13/h2-6,11-12H,7-9H2,1H3,(H,22,25). The van der Waals surface area contributed by atoms with Crippen molar-refractivity contribution < 1.29 is 4.79 Å². The average molecular weight is 363 g/mol. The van der Waals surface area contributed by atoms with Gasteiger partial charge in [-0.15, -0.1) is 16.4 Å². The van der Waals surface area contributed by atoms with Crippen LogP contribution >= 0.6 is 11.3 Å². The Morgan fingerprint density at radius 1 is 1.38 bits per heavy atom. The van der Waals surface area contributed by atoms with E-state index in [1.807, 2.05) is 30.3 Å². The molecule has 130 valence electrons. The van der Waals surface area contributed by atoms with Crippen LogP contribution in [0.15, 0.2) is 36.5 Å². The summed E-state index contributed by atoms with van der Waals surface area (Å²) < 4.78 is 0. The number of nitrogens with one attached hydrogen (secondary N) is 1. The summed E-state index contributed by atoms with van der Waals surface area (Å²) in [6.07, 6.45) is 4.38. The Morgan fingerprint density at radius 3 is 2.96 bits per heavy atom. The molecule has 0 bridgehead atoms. The van der Waals surface area contributed by atoms with Crippen LogP contribution in [0.1, 0.15) is 39.8 Å². The molecule has 4 rings (SSSR count). The lowest BCUT2D eigenvalue weighted by molar-refractivity contribution is 0.102. The molecule has 0 aliphatic heterocycles. The average Bonchev–Trinajstić information content (AvgIpc) is 3.26. The van der Waals surface area contributed by atoms with Gasteiger partial charge in [0.15, 0.2) is 5.69 Å². The molecular formula is C19H17N5OS. The predicted molar refractivity (Wildman–Crippen MR) is 99.5 cm³/mol. The number of rotatable bonds is 3. The topological polar surface area (TPSA) is 83.6 Å². The van der Waals surface area contributed by atoms with E-state index < -0.39 is 0 Å². The molecule has 1 aliphatic carbocycles. The van der Waals surface area contributed by atoms with E-state index in [2.05, 4.69) is 28.5 Å². The molecule has 2 aromatic heterocycles. The fraction of sp³-hybridized carbons (Fsp3) is 0.263. The zero-order chi connectivity index (χ0) is 18.1. The molecule has 0 saturated heterocycles. The van der Waals surface area contributed by atoms with Crippen LogP contribution < -0.4 is 5.32 Å². The van der Waals surface area contributed by atoms with Crippen molar-refractivity contribution in [3.8, 4) is 11.8 Å². The summed E-state index contributed by atoms with van der Waals surface area (Å²) in [5, 5.41) is 21.4. The normalized spacial score (nSPS) is 15.9. The van der Waals surface area contributed by atoms with Crippen LogP contribution in [-0.2, 0) is 12.8 Å². The van der Waals surface area contributed by atoms with Crippen molar-refractivity contribution >= 4 is 22.2 Å². The van der Waals surface area contributed by atoms with Gasteiger partial charge in [0.2, 0.25) is 0 Å². The summed E-state index contributed by atoms with van der Waals surface area (Å²) >= 11 is 1.51. The first-order valence-corrected chi connectivity index (χ1v) is 9.31. The van der Waals surface area contributed by atoms with Gasteiger partial charge in [-0.1, -0.05) is 25.1 Å². The van der Waals surface area contributed by atoms with Gasteiger partial charge in [-0.2, -0.15) is 15.2 Å². The molecule has 1 N–H and O–H groups in total. The zero-order valence-electron chi connectivity index (χ0n) is 14.3. The number of nitriles is 1. The minimum Gasteiger partial charge on any atom is -0.311 e. The van der Waals surface area contributed by atoms with Gasteiger partial charge in [0.25, 0.3) is 5.91 Å². The first-order chi connectivity index (χ1) is 12.7. The Hall–Kier alpha value is -2.98. The number of para-hydroxylation sites is 1. The minimum absolute atomic E-state index is 0.220. The van der Waals surface area contributed by atoms with Gasteiger partial charge in [0.05, 0.1) is 17.4 Å². The fourth-order valence-electron chi connectivity index (χ4n) is 3.18. The highest BCUT2D eigenvalue weighted by Crippen LogP contribution is 2.39. The Morgan fingerprint density at radius 2 is 2.19 bits per heavy atom. The maximum Gasteiger partial charge on any atom is 0.278 e. The summed E-state index contributed by atoms with van der Waals surface area (Å²) in [5.41, 5.74) is 2.70. The first-order valence-electron chi connectivity index (χ1n) is 8.49. The summed E-state index contributed by atoms with van der Waals surface area (Å²) in [6, 6.07) is 11.7. The van der Waals surface area contributed by atoms with Crippen LogP contribution in [0.4, 0.5) is 5.00 Å². The number of thiophene rings is 1. The van der Waals surface area contributed by atoms with E-state index >= 15 is 0 Å². The molecule has 7 heteroatoms. The molecule has 26 heavy (non-hydrogen) atoms. The summed E-state index contributed by atoms with van der Waals surface area (Å²) in [5.74, 6) is 0.261. The van der Waals surface area contributed by atoms with Gasteiger partial charge in [0, 0.05) is 4.88 Å². The summed E-state index contributed by atoms with van der Waals surface area (Å²) in [4.78, 5) is 15.2. The molecular weight excluding hydrogens is 346 g/mol. The fourth-order valence-corrected chi connectivity index (χ4v) is 4.53. The van der Waals surface area contributed by atoms with E-state index in [9.17, 15) is 10.1 Å². The lowest BCUT2D eigenvalue weighted by atomic mass is 9.89. The van der Waals surface area contributed by atoms with Gasteiger partial charge < -0.3 is 5.32 Å². The molecule has 0 saturated carbocycles. The molecule has 6 nitrogen and oxygen atoms in total. The number of amides is 1. The molecule has 1 aliphatic rings. The minimum atomic E-state index is -0.352. The van der Waals surface area contributed by atoms with Crippen molar-refractivity contribution in [3.63, 3.8) is 0 Å². The molecule has 3 aromatic rings. The smallest absolute Gasteiger partial charge is 0.278 e. The highest BCUT2D eigenvalue weighted by atomic mass is 32.1. The third kappa shape index (κ3) is 3.00. The van der Waals surface area contributed by atoms with Crippen molar-refractivity contribution in [3.05, 3.63) is 58.2 Å². The molecule has 1 unspecified atom stereocenters. The maximum absolute atomic E-state index is 12.6. The number of carbonyl (C=O) groups excluding carboxylic acids is 1. The van der Waals surface area contributed by atoms with E-state index in [-0.39, 0.29) is 11.6 Å². The third-order valence-corrected chi connectivity index (χ3v) is 5.73. The monoisotopic (exact) mass is 363 g/mol. The van der Waals surface area contributed by atoms with E-state index in [4.69, 9.17) is 0 Å². The van der Waals surface area contributed by atoms with Crippen LogP contribution in [0.25, 0.3) is 5.69 Å². The van der Waals surface area contributed by atoms with Crippen molar-refractivity contribution in [2.75, 3.05) is 5.32 Å². The molecule has 2 heterocycles. The predicted octanol–water partition coefficient (Wildman–Crippen LogP) is 3.58. The lowest BCUT2D eigenvalue weighted by Crippen LogP contribution is -2.13. The number of hydrogen-bond acceptors (Lipinski definition) is 5. The van der Waals surface area contributed by atoms with Crippen molar-refractivity contribution in [2.24, 2.45) is 5.92 Å². The van der Waals surface area contributed by atoms with Crippen LogP contribution in [0.2, 0.25) is 0 Å². The van der Waals surface area contributed by atoms with Crippen LogP contribution in [-0.4, -0.2) is 20.9 Å². The van der Waals surface area contributed by atoms with E-state index in [0.717, 1.165) is 30.5 Å². The van der Waals surface area contributed by atoms with Crippen LogP contribution in [0, 0.1) is 17.2 Å². The number of benzene rings is 1.